The SMILES string of the molecule is COC(P)(CF)CF. The van der Waals surface area contributed by atoms with Crippen molar-refractivity contribution in [2.75, 3.05) is 20.5 Å². The van der Waals surface area contributed by atoms with Crippen LogP contribution in [0.25, 0.3) is 0 Å². The van der Waals surface area contributed by atoms with Gasteiger partial charge in [-0.1, -0.05) is 9.24 Å². The molecule has 1 unspecified atom stereocenters. The summed E-state index contributed by atoms with van der Waals surface area (Å²) in [6, 6.07) is 0. The molecule has 0 aliphatic carbocycles. The number of methoxy groups -OCH3 is 1. The number of rotatable bonds is 3. The van der Waals surface area contributed by atoms with E-state index in [4.69, 9.17) is 0 Å². The highest BCUT2D eigenvalue weighted by atomic mass is 31.0. The molecule has 0 heterocycles. The summed E-state index contributed by atoms with van der Waals surface area (Å²) >= 11 is 0. The highest BCUT2D eigenvalue weighted by Crippen LogP contribution is 2.19. The van der Waals surface area contributed by atoms with E-state index in [1.165, 1.54) is 7.11 Å². The lowest BCUT2D eigenvalue weighted by Gasteiger charge is -2.19. The first-order valence-corrected chi connectivity index (χ1v) is 2.72. The van der Waals surface area contributed by atoms with E-state index >= 15 is 0 Å². The van der Waals surface area contributed by atoms with E-state index in [0.717, 1.165) is 0 Å². The van der Waals surface area contributed by atoms with Crippen LogP contribution in [-0.4, -0.2) is 25.8 Å². The first kappa shape index (κ1) is 8.25. The Hall–Kier alpha value is 0.250. The quantitative estimate of drug-likeness (QED) is 0.537. The van der Waals surface area contributed by atoms with E-state index in [1.807, 2.05) is 9.24 Å². The van der Waals surface area contributed by atoms with Crippen molar-refractivity contribution >= 4 is 9.24 Å². The molecular weight excluding hydrogens is 133 g/mol. The lowest BCUT2D eigenvalue weighted by molar-refractivity contribution is 0.0281. The first-order chi connectivity index (χ1) is 3.68. The molecular formula is C4H9F2OP. The average molecular weight is 142 g/mol. The average Bonchev–Trinajstić information content (AvgIpc) is 1.87. The maximum atomic E-state index is 11.7. The summed E-state index contributed by atoms with van der Waals surface area (Å²) in [7, 11) is 3.24. The van der Waals surface area contributed by atoms with Crippen LogP contribution >= 0.6 is 9.24 Å². The minimum Gasteiger partial charge on any atom is -0.369 e. The molecule has 50 valence electrons. The maximum absolute atomic E-state index is 11.7. The zero-order valence-electron chi connectivity index (χ0n) is 4.66. The Kier molecular flexibility index (Phi) is 3.41. The summed E-state index contributed by atoms with van der Waals surface area (Å²) in [5.41, 5.74) is 0. The van der Waals surface area contributed by atoms with Gasteiger partial charge >= 0.3 is 0 Å². The largest absolute Gasteiger partial charge is 0.369 e. The van der Waals surface area contributed by atoms with Crippen molar-refractivity contribution in [1.29, 1.82) is 0 Å². The van der Waals surface area contributed by atoms with Gasteiger partial charge in [-0.2, -0.15) is 0 Å². The topological polar surface area (TPSA) is 9.23 Å². The molecule has 1 atom stereocenters. The van der Waals surface area contributed by atoms with Crippen LogP contribution in [0.2, 0.25) is 0 Å². The predicted octanol–water partition coefficient (Wildman–Crippen LogP) is 1.14. The van der Waals surface area contributed by atoms with Crippen LogP contribution in [0.5, 0.6) is 0 Å². The molecule has 4 heteroatoms. The van der Waals surface area contributed by atoms with Gasteiger partial charge in [0.1, 0.15) is 18.7 Å². The zero-order chi connectivity index (χ0) is 6.62. The van der Waals surface area contributed by atoms with Crippen molar-refractivity contribution in [2.45, 2.75) is 5.34 Å². The number of hydrogen-bond acceptors (Lipinski definition) is 1. The molecule has 0 fully saturated rings. The molecule has 0 aromatic rings. The molecule has 0 bridgehead atoms. The van der Waals surface area contributed by atoms with E-state index in [0.29, 0.717) is 0 Å². The van der Waals surface area contributed by atoms with Gasteiger partial charge in [0, 0.05) is 7.11 Å². The third kappa shape index (κ3) is 2.01. The summed E-state index contributed by atoms with van der Waals surface area (Å²) in [4.78, 5) is 0. The third-order valence-electron chi connectivity index (χ3n) is 0.859. The van der Waals surface area contributed by atoms with E-state index in [-0.39, 0.29) is 0 Å². The number of hydrogen-bond donors (Lipinski definition) is 0. The summed E-state index contributed by atoms with van der Waals surface area (Å²) in [6.07, 6.45) is 0. The van der Waals surface area contributed by atoms with Crippen molar-refractivity contribution in [2.24, 2.45) is 0 Å². The van der Waals surface area contributed by atoms with Gasteiger partial charge in [-0.25, -0.2) is 8.78 Å². The standard InChI is InChI=1S/C4H9F2OP/c1-7-4(8,2-5)3-6/h2-3,8H2,1H3. The van der Waals surface area contributed by atoms with Gasteiger partial charge in [-0.05, 0) is 0 Å². The number of halogens is 2. The fourth-order valence-corrected chi connectivity index (χ4v) is 0.145. The Labute approximate surface area is 49.6 Å². The van der Waals surface area contributed by atoms with Crippen LogP contribution in [0.1, 0.15) is 0 Å². The molecule has 8 heavy (non-hydrogen) atoms. The Morgan fingerprint density at radius 3 is 1.88 bits per heavy atom. The number of alkyl halides is 2. The van der Waals surface area contributed by atoms with Crippen LogP contribution < -0.4 is 0 Å². The molecule has 0 saturated carbocycles. The normalized spacial score (nSPS) is 12.0. The van der Waals surface area contributed by atoms with Gasteiger partial charge in [0.05, 0.1) is 0 Å². The summed E-state index contributed by atoms with van der Waals surface area (Å²) < 4.78 is 27.8. The molecule has 0 aromatic heterocycles. The summed E-state index contributed by atoms with van der Waals surface area (Å²) in [5, 5.41) is -1.29. The molecule has 0 rings (SSSR count). The minimum absolute atomic E-state index is 0.815. The van der Waals surface area contributed by atoms with E-state index in [9.17, 15) is 8.78 Å². The van der Waals surface area contributed by atoms with E-state index < -0.39 is 18.7 Å². The molecule has 0 amide bonds. The number of ether oxygens (including phenoxy) is 1. The van der Waals surface area contributed by atoms with Gasteiger partial charge in [0.15, 0.2) is 0 Å². The molecule has 1 nitrogen and oxygen atoms in total. The molecule has 0 radical (unpaired) electrons. The molecule has 0 saturated heterocycles. The predicted molar refractivity (Wildman–Crippen MR) is 31.4 cm³/mol. The van der Waals surface area contributed by atoms with Crippen molar-refractivity contribution in [3.05, 3.63) is 0 Å². The maximum Gasteiger partial charge on any atom is 0.137 e. The second kappa shape index (κ2) is 3.31. The highest BCUT2D eigenvalue weighted by Gasteiger charge is 2.22. The Bertz CT molecular complexity index is 56.8. The van der Waals surface area contributed by atoms with Crippen LogP contribution in [0, 0.1) is 0 Å². The minimum atomic E-state index is -1.29. The fourth-order valence-electron chi connectivity index (χ4n) is 0.145. The summed E-state index contributed by atoms with van der Waals surface area (Å²) in [6.45, 7) is -1.63. The van der Waals surface area contributed by atoms with Gasteiger partial charge in [-0.3, -0.25) is 0 Å². The molecule has 0 aliphatic rings. The lowest BCUT2D eigenvalue weighted by Crippen LogP contribution is -2.28. The smallest absolute Gasteiger partial charge is 0.137 e. The Morgan fingerprint density at radius 1 is 1.50 bits per heavy atom. The fraction of sp³-hybridized carbons (Fsp3) is 1.00. The van der Waals surface area contributed by atoms with Gasteiger partial charge < -0.3 is 4.74 Å². The molecule has 0 aliphatic heterocycles. The Balaban J connectivity index is 3.58. The molecule has 0 aromatic carbocycles. The van der Waals surface area contributed by atoms with Crippen LogP contribution in [0.15, 0.2) is 0 Å². The molecule has 0 N–H and O–H groups in total. The van der Waals surface area contributed by atoms with Gasteiger partial charge in [0.25, 0.3) is 0 Å². The van der Waals surface area contributed by atoms with Crippen molar-refractivity contribution < 1.29 is 13.5 Å². The van der Waals surface area contributed by atoms with Crippen LogP contribution in [-0.2, 0) is 4.74 Å². The van der Waals surface area contributed by atoms with Crippen LogP contribution in [0.3, 0.4) is 0 Å². The lowest BCUT2D eigenvalue weighted by atomic mass is 10.4. The van der Waals surface area contributed by atoms with Crippen molar-refractivity contribution in [1.82, 2.24) is 0 Å². The van der Waals surface area contributed by atoms with Crippen molar-refractivity contribution in [3.63, 3.8) is 0 Å². The van der Waals surface area contributed by atoms with Crippen LogP contribution in [0.4, 0.5) is 8.78 Å². The van der Waals surface area contributed by atoms with Gasteiger partial charge in [-0.15, -0.1) is 0 Å². The van der Waals surface area contributed by atoms with Gasteiger partial charge in [0.2, 0.25) is 0 Å². The second-order valence-electron chi connectivity index (χ2n) is 1.54. The molecule has 0 spiro atoms. The first-order valence-electron chi connectivity index (χ1n) is 2.14. The highest BCUT2D eigenvalue weighted by molar-refractivity contribution is 7.18. The monoisotopic (exact) mass is 142 g/mol. The summed E-state index contributed by atoms with van der Waals surface area (Å²) in [5.74, 6) is 0. The van der Waals surface area contributed by atoms with E-state index in [2.05, 4.69) is 4.74 Å². The zero-order valence-corrected chi connectivity index (χ0v) is 5.81. The Morgan fingerprint density at radius 2 is 1.88 bits per heavy atom. The third-order valence-corrected chi connectivity index (χ3v) is 1.40. The second-order valence-corrected chi connectivity index (χ2v) is 2.59. The van der Waals surface area contributed by atoms with Crippen molar-refractivity contribution in [3.8, 4) is 0 Å². The van der Waals surface area contributed by atoms with E-state index in [1.54, 1.807) is 0 Å².